The van der Waals surface area contributed by atoms with Crippen molar-refractivity contribution >= 4 is 50.8 Å². The lowest BCUT2D eigenvalue weighted by Gasteiger charge is -2.21. The second-order valence-electron chi connectivity index (χ2n) is 6.69. The van der Waals surface area contributed by atoms with E-state index in [4.69, 9.17) is 5.73 Å². The van der Waals surface area contributed by atoms with Gasteiger partial charge in [-0.1, -0.05) is 47.8 Å². The van der Waals surface area contributed by atoms with Crippen LogP contribution in [0.3, 0.4) is 0 Å². The number of carbonyl (C=O) groups is 1. The second kappa shape index (κ2) is 9.09. The molecule has 8 heteroatoms. The van der Waals surface area contributed by atoms with Crippen molar-refractivity contribution in [2.24, 2.45) is 10.7 Å². The van der Waals surface area contributed by atoms with Gasteiger partial charge in [0.15, 0.2) is 0 Å². The van der Waals surface area contributed by atoms with Crippen molar-refractivity contribution < 1.29 is 14.3 Å². The summed E-state index contributed by atoms with van der Waals surface area (Å²) in [6.07, 6.45) is 3.54. The molecule has 2 aromatic carbocycles. The van der Waals surface area contributed by atoms with Gasteiger partial charge in [-0.05, 0) is 47.5 Å². The van der Waals surface area contributed by atoms with Crippen molar-refractivity contribution in [1.82, 2.24) is 4.98 Å². The summed E-state index contributed by atoms with van der Waals surface area (Å²) in [5, 5.41) is 10.2. The molecular formula is C22H18FN3O2S2. The number of pyridine rings is 1. The Hall–Kier alpha value is -2.52. The number of carbonyl (C=O) groups excluding carboxylic acids is 1. The van der Waals surface area contributed by atoms with Crippen molar-refractivity contribution in [1.29, 1.82) is 0 Å². The van der Waals surface area contributed by atoms with E-state index in [1.54, 1.807) is 24.4 Å². The van der Waals surface area contributed by atoms with Crippen LogP contribution in [0.25, 0.3) is 17.0 Å². The molecule has 0 saturated heterocycles. The van der Waals surface area contributed by atoms with E-state index >= 15 is 0 Å². The van der Waals surface area contributed by atoms with Crippen LogP contribution in [0.1, 0.15) is 16.4 Å². The molecule has 152 valence electrons. The summed E-state index contributed by atoms with van der Waals surface area (Å²) in [5.41, 5.74) is 8.61. The topological polar surface area (TPSA) is 88.6 Å². The highest BCUT2D eigenvalue weighted by Gasteiger charge is 2.28. The van der Waals surface area contributed by atoms with E-state index in [1.807, 2.05) is 30.3 Å². The van der Waals surface area contributed by atoms with E-state index in [0.29, 0.717) is 9.28 Å². The summed E-state index contributed by atoms with van der Waals surface area (Å²) < 4.78 is 13.8. The van der Waals surface area contributed by atoms with E-state index in [2.05, 4.69) is 9.98 Å². The van der Waals surface area contributed by atoms with Gasteiger partial charge in [-0.2, -0.15) is 4.99 Å². The van der Waals surface area contributed by atoms with Crippen LogP contribution in [-0.4, -0.2) is 33.0 Å². The quantitative estimate of drug-likeness (QED) is 0.581. The van der Waals surface area contributed by atoms with Crippen LogP contribution in [0, 0.1) is 5.82 Å². The predicted octanol–water partition coefficient (Wildman–Crippen LogP) is 4.14. The number of rotatable bonds is 5. The zero-order valence-corrected chi connectivity index (χ0v) is 17.4. The third-order valence-corrected chi connectivity index (χ3v) is 7.04. The summed E-state index contributed by atoms with van der Waals surface area (Å²) in [5.74, 6) is -0.664. The number of hydrogen-bond donors (Lipinski definition) is 2. The Kier molecular flexibility index (Phi) is 6.29. The van der Waals surface area contributed by atoms with Gasteiger partial charge in [-0.3, -0.25) is 9.78 Å². The van der Waals surface area contributed by atoms with Crippen LogP contribution in [-0.2, 0) is 4.79 Å². The Bertz CT molecular complexity index is 1150. The molecule has 1 aromatic heterocycles. The monoisotopic (exact) mass is 439 g/mol. The molecule has 0 aliphatic carbocycles. The van der Waals surface area contributed by atoms with Crippen LogP contribution in [0.4, 0.5) is 4.39 Å². The normalized spacial score (nSPS) is 17.4. The highest BCUT2D eigenvalue weighted by molar-refractivity contribution is 8.41. The summed E-state index contributed by atoms with van der Waals surface area (Å²) in [4.78, 5) is 21.4. The average Bonchev–Trinajstić information content (AvgIpc) is 3.11. The Morgan fingerprint density at radius 2 is 2.00 bits per heavy atom. The minimum absolute atomic E-state index is 0.241. The summed E-state index contributed by atoms with van der Waals surface area (Å²) in [6, 6.07) is 15.0. The van der Waals surface area contributed by atoms with Crippen LogP contribution >= 0.6 is 23.5 Å². The molecule has 2 atom stereocenters. The number of thioether (sulfide) groups is 2. The van der Waals surface area contributed by atoms with Crippen LogP contribution in [0.15, 0.2) is 70.7 Å². The number of hydrogen-bond acceptors (Lipinski definition) is 6. The number of nitrogens with two attached hydrogens (primary N) is 1. The number of amides is 1. The smallest absolute Gasteiger partial charge is 0.285 e. The summed E-state index contributed by atoms with van der Waals surface area (Å²) in [7, 11) is 0. The highest BCUT2D eigenvalue weighted by Crippen LogP contribution is 2.41. The molecule has 0 fully saturated rings. The first kappa shape index (κ1) is 20.7. The summed E-state index contributed by atoms with van der Waals surface area (Å²) >= 11 is 2.57. The first-order valence-corrected chi connectivity index (χ1v) is 10.9. The standard InChI is InChI=1S/C22H18FN3O2S2/c23-16-6-4-14(5-7-16)20(17(24)12-27)30-22-26-21(28)19(29-22)11-13-3-8-18-15(10-13)2-1-9-25-18/h1-11,17,20,27H,12,24H2/t17?,20-/m1/s1. The van der Waals surface area contributed by atoms with Gasteiger partial charge < -0.3 is 10.8 Å². The molecule has 0 bridgehead atoms. The maximum Gasteiger partial charge on any atom is 0.285 e. The van der Waals surface area contributed by atoms with Crippen LogP contribution in [0.2, 0.25) is 0 Å². The van der Waals surface area contributed by atoms with Crippen LogP contribution < -0.4 is 5.73 Å². The number of fused-ring (bicyclic) bond motifs is 1. The largest absolute Gasteiger partial charge is 0.395 e. The number of aliphatic hydroxyl groups is 1. The van der Waals surface area contributed by atoms with Gasteiger partial charge in [0, 0.05) is 17.6 Å². The SMILES string of the molecule is NC(CO)[C@H](SC1=NC(=O)C(=Cc2ccc3ncccc3c2)S1)c1ccc(F)cc1. The Morgan fingerprint density at radius 3 is 2.77 bits per heavy atom. The number of aromatic nitrogens is 1. The fourth-order valence-corrected chi connectivity index (χ4v) is 5.36. The Morgan fingerprint density at radius 1 is 1.20 bits per heavy atom. The molecule has 0 radical (unpaired) electrons. The van der Waals surface area contributed by atoms with Crippen molar-refractivity contribution in [3.63, 3.8) is 0 Å². The third kappa shape index (κ3) is 4.62. The molecule has 0 saturated carbocycles. The van der Waals surface area contributed by atoms with E-state index < -0.39 is 6.04 Å². The number of aliphatic imine (C=N–C) groups is 1. The molecular weight excluding hydrogens is 421 g/mol. The van der Waals surface area contributed by atoms with Gasteiger partial charge in [-0.25, -0.2) is 4.39 Å². The fraction of sp³-hybridized carbons (Fsp3) is 0.136. The van der Waals surface area contributed by atoms with Gasteiger partial charge in [0.25, 0.3) is 5.91 Å². The van der Waals surface area contributed by atoms with Gasteiger partial charge in [0.2, 0.25) is 0 Å². The van der Waals surface area contributed by atoms with Gasteiger partial charge in [0.1, 0.15) is 10.2 Å². The molecule has 1 aliphatic heterocycles. The number of aliphatic hydroxyl groups excluding tert-OH is 1. The summed E-state index contributed by atoms with van der Waals surface area (Å²) in [6.45, 7) is -0.241. The first-order chi connectivity index (χ1) is 14.5. The molecule has 5 nitrogen and oxygen atoms in total. The molecule has 1 amide bonds. The minimum Gasteiger partial charge on any atom is -0.395 e. The molecule has 1 aliphatic rings. The number of halogens is 1. The first-order valence-electron chi connectivity index (χ1n) is 9.19. The van der Waals surface area contributed by atoms with E-state index in [-0.39, 0.29) is 23.6 Å². The number of nitrogens with zero attached hydrogens (tertiary/aromatic N) is 2. The zero-order chi connectivity index (χ0) is 21.1. The van der Waals surface area contributed by atoms with E-state index in [0.717, 1.165) is 22.0 Å². The van der Waals surface area contributed by atoms with Crippen LogP contribution in [0.5, 0.6) is 0 Å². The molecule has 30 heavy (non-hydrogen) atoms. The fourth-order valence-electron chi connectivity index (χ4n) is 3.03. The lowest BCUT2D eigenvalue weighted by Crippen LogP contribution is -2.30. The maximum atomic E-state index is 13.3. The van der Waals surface area contributed by atoms with Crippen molar-refractivity contribution in [2.45, 2.75) is 11.3 Å². The number of benzene rings is 2. The Balaban J connectivity index is 1.54. The maximum absolute atomic E-state index is 13.3. The molecule has 3 N–H and O–H groups in total. The molecule has 4 rings (SSSR count). The van der Waals surface area contributed by atoms with Crippen molar-refractivity contribution in [3.05, 3.63) is 82.6 Å². The van der Waals surface area contributed by atoms with Gasteiger partial charge in [0.05, 0.1) is 22.3 Å². The molecule has 3 aromatic rings. The van der Waals surface area contributed by atoms with E-state index in [1.165, 1.54) is 35.7 Å². The lowest BCUT2D eigenvalue weighted by molar-refractivity contribution is -0.113. The minimum atomic E-state index is -0.583. The van der Waals surface area contributed by atoms with Crippen molar-refractivity contribution in [3.8, 4) is 0 Å². The molecule has 1 unspecified atom stereocenters. The van der Waals surface area contributed by atoms with Gasteiger partial charge in [-0.15, -0.1) is 0 Å². The predicted molar refractivity (Wildman–Crippen MR) is 122 cm³/mol. The lowest BCUT2D eigenvalue weighted by atomic mass is 10.1. The van der Waals surface area contributed by atoms with Gasteiger partial charge >= 0.3 is 0 Å². The van der Waals surface area contributed by atoms with E-state index in [9.17, 15) is 14.3 Å². The molecule has 0 spiro atoms. The average molecular weight is 440 g/mol. The second-order valence-corrected chi connectivity index (χ2v) is 9.10. The zero-order valence-electron chi connectivity index (χ0n) is 15.7. The Labute approximate surface area is 181 Å². The highest BCUT2D eigenvalue weighted by atomic mass is 32.2. The molecule has 2 heterocycles. The van der Waals surface area contributed by atoms with Crippen molar-refractivity contribution in [2.75, 3.05) is 6.61 Å². The third-order valence-electron chi connectivity index (χ3n) is 4.55.